The molecule has 1 aromatic carbocycles. The second-order valence-electron chi connectivity index (χ2n) is 7.78. The van der Waals surface area contributed by atoms with E-state index in [1.54, 1.807) is 25.6 Å². The predicted molar refractivity (Wildman–Crippen MR) is 120 cm³/mol. The maximum atomic E-state index is 12.3. The number of piperidine rings is 1. The number of carbonyl (C=O) groups is 1. The van der Waals surface area contributed by atoms with Crippen LogP contribution in [0.1, 0.15) is 25.3 Å². The molecule has 1 aliphatic rings. The van der Waals surface area contributed by atoms with E-state index in [0.717, 1.165) is 15.8 Å². The van der Waals surface area contributed by atoms with Crippen molar-refractivity contribution in [3.05, 3.63) is 41.4 Å². The van der Waals surface area contributed by atoms with Crippen LogP contribution >= 0.6 is 11.3 Å². The number of rotatable bonds is 7. The minimum atomic E-state index is -1.02. The van der Waals surface area contributed by atoms with Gasteiger partial charge >= 0.3 is 5.97 Å². The van der Waals surface area contributed by atoms with Gasteiger partial charge in [0, 0.05) is 30.7 Å². The number of ether oxygens (including phenoxy) is 2. The summed E-state index contributed by atoms with van der Waals surface area (Å²) >= 11 is 1.58. The molecule has 0 amide bonds. The van der Waals surface area contributed by atoms with Crippen molar-refractivity contribution in [2.24, 2.45) is 0 Å². The SMILES string of the molecule is COc1ccc(CNC2(C(=O)O)CCN(c3ncc4ccsc4n3)C(C)C2)cc1OC. The molecular formula is C22H26N4O4S. The first-order valence-corrected chi connectivity index (χ1v) is 11.0. The average Bonchev–Trinajstić information content (AvgIpc) is 3.25. The first-order valence-electron chi connectivity index (χ1n) is 10.1. The van der Waals surface area contributed by atoms with Crippen LogP contribution in [-0.4, -0.2) is 53.4 Å². The molecule has 4 rings (SSSR count). The van der Waals surface area contributed by atoms with Crippen molar-refractivity contribution < 1.29 is 19.4 Å². The number of fused-ring (bicyclic) bond motifs is 1. The summed E-state index contributed by atoms with van der Waals surface area (Å²) in [5.41, 5.74) is -0.0873. The smallest absolute Gasteiger partial charge is 0.324 e. The van der Waals surface area contributed by atoms with Crippen molar-refractivity contribution in [1.29, 1.82) is 0 Å². The zero-order valence-corrected chi connectivity index (χ0v) is 18.6. The third kappa shape index (κ3) is 4.15. The predicted octanol–water partition coefficient (Wildman–Crippen LogP) is 3.31. The van der Waals surface area contributed by atoms with Crippen LogP contribution in [0.5, 0.6) is 11.5 Å². The average molecular weight is 443 g/mol. The van der Waals surface area contributed by atoms with Crippen molar-refractivity contribution in [2.45, 2.75) is 37.9 Å². The summed E-state index contributed by atoms with van der Waals surface area (Å²) in [6.07, 6.45) is 2.72. The van der Waals surface area contributed by atoms with Gasteiger partial charge in [-0.15, -0.1) is 11.3 Å². The summed E-state index contributed by atoms with van der Waals surface area (Å²) < 4.78 is 10.6. The van der Waals surface area contributed by atoms with E-state index >= 15 is 0 Å². The maximum Gasteiger partial charge on any atom is 0.324 e. The largest absolute Gasteiger partial charge is 0.493 e. The fourth-order valence-electron chi connectivity index (χ4n) is 4.12. The van der Waals surface area contributed by atoms with Crippen LogP contribution in [0.2, 0.25) is 0 Å². The molecule has 2 atom stereocenters. The van der Waals surface area contributed by atoms with Gasteiger partial charge in [-0.1, -0.05) is 6.07 Å². The lowest BCUT2D eigenvalue weighted by atomic mass is 9.83. The molecule has 31 heavy (non-hydrogen) atoms. The summed E-state index contributed by atoms with van der Waals surface area (Å²) in [6, 6.07) is 7.57. The molecule has 2 N–H and O–H groups in total. The van der Waals surface area contributed by atoms with E-state index in [1.165, 1.54) is 0 Å². The van der Waals surface area contributed by atoms with Gasteiger partial charge in [-0.05, 0) is 48.9 Å². The topological polar surface area (TPSA) is 96.8 Å². The highest BCUT2D eigenvalue weighted by Crippen LogP contribution is 2.32. The molecule has 164 valence electrons. The molecule has 9 heteroatoms. The van der Waals surface area contributed by atoms with Gasteiger partial charge in [0.25, 0.3) is 0 Å². The van der Waals surface area contributed by atoms with Crippen LogP contribution in [0, 0.1) is 0 Å². The van der Waals surface area contributed by atoms with E-state index in [2.05, 4.69) is 20.2 Å². The number of carboxylic acid groups (broad SMARTS) is 1. The van der Waals surface area contributed by atoms with E-state index in [4.69, 9.17) is 9.47 Å². The minimum absolute atomic E-state index is 0.0276. The Hall–Kier alpha value is -2.91. The Morgan fingerprint density at radius 2 is 2.13 bits per heavy atom. The van der Waals surface area contributed by atoms with Gasteiger partial charge in [0.05, 0.1) is 14.2 Å². The van der Waals surface area contributed by atoms with Gasteiger partial charge in [-0.25, -0.2) is 9.97 Å². The maximum absolute atomic E-state index is 12.3. The third-order valence-corrected chi connectivity index (χ3v) is 6.72. The number of benzene rings is 1. The van der Waals surface area contributed by atoms with Gasteiger partial charge in [-0.3, -0.25) is 10.1 Å². The molecule has 1 aliphatic heterocycles. The first kappa shape index (κ1) is 21.3. The van der Waals surface area contributed by atoms with Crippen LogP contribution in [0.15, 0.2) is 35.8 Å². The summed E-state index contributed by atoms with van der Waals surface area (Å²) in [5.74, 6) is 1.08. The lowest BCUT2D eigenvalue weighted by Crippen LogP contribution is -2.61. The van der Waals surface area contributed by atoms with Crippen molar-refractivity contribution in [1.82, 2.24) is 15.3 Å². The molecule has 3 aromatic rings. The third-order valence-electron chi connectivity index (χ3n) is 5.90. The number of aliphatic carboxylic acids is 1. The van der Waals surface area contributed by atoms with E-state index in [1.807, 2.05) is 42.8 Å². The van der Waals surface area contributed by atoms with Crippen LogP contribution in [0.4, 0.5) is 5.95 Å². The molecule has 2 unspecified atom stereocenters. The Labute approximate surface area is 184 Å². The molecule has 2 aromatic heterocycles. The monoisotopic (exact) mass is 442 g/mol. The highest BCUT2D eigenvalue weighted by atomic mass is 32.1. The van der Waals surface area contributed by atoms with E-state index < -0.39 is 11.5 Å². The fraction of sp³-hybridized carbons (Fsp3) is 0.409. The number of hydrogen-bond donors (Lipinski definition) is 2. The lowest BCUT2D eigenvalue weighted by molar-refractivity contribution is -0.146. The van der Waals surface area contributed by atoms with E-state index in [-0.39, 0.29) is 6.04 Å². The summed E-state index contributed by atoms with van der Waals surface area (Å²) in [4.78, 5) is 24.5. The van der Waals surface area contributed by atoms with Gasteiger partial charge in [0.15, 0.2) is 11.5 Å². The van der Waals surface area contributed by atoms with Crippen LogP contribution in [0.3, 0.4) is 0 Å². The van der Waals surface area contributed by atoms with Crippen molar-refractivity contribution in [3.63, 3.8) is 0 Å². The van der Waals surface area contributed by atoms with E-state index in [0.29, 0.717) is 43.4 Å². The second kappa shape index (κ2) is 8.68. The number of carboxylic acids is 1. The minimum Gasteiger partial charge on any atom is -0.493 e. The Morgan fingerprint density at radius 1 is 1.32 bits per heavy atom. The summed E-state index contributed by atoms with van der Waals surface area (Å²) in [5, 5.41) is 16.4. The Bertz CT molecular complexity index is 1090. The van der Waals surface area contributed by atoms with E-state index in [9.17, 15) is 9.90 Å². The number of hydrogen-bond acceptors (Lipinski definition) is 8. The fourth-order valence-corrected chi connectivity index (χ4v) is 4.86. The lowest BCUT2D eigenvalue weighted by Gasteiger charge is -2.43. The zero-order chi connectivity index (χ0) is 22.0. The Kier molecular flexibility index (Phi) is 5.97. The highest BCUT2D eigenvalue weighted by Gasteiger charge is 2.44. The number of nitrogens with zero attached hydrogens (tertiary/aromatic N) is 3. The van der Waals surface area contributed by atoms with Crippen LogP contribution < -0.4 is 19.7 Å². The molecule has 3 heterocycles. The van der Waals surface area contributed by atoms with Crippen molar-refractivity contribution in [3.8, 4) is 11.5 Å². The number of aromatic nitrogens is 2. The number of anilines is 1. The second-order valence-corrected chi connectivity index (χ2v) is 8.67. The molecule has 0 spiro atoms. The van der Waals surface area contributed by atoms with Crippen molar-refractivity contribution in [2.75, 3.05) is 25.7 Å². The molecule has 8 nitrogen and oxygen atoms in total. The van der Waals surface area contributed by atoms with Crippen LogP contribution in [0.25, 0.3) is 10.2 Å². The quantitative estimate of drug-likeness (QED) is 0.575. The number of methoxy groups -OCH3 is 2. The summed E-state index contributed by atoms with van der Waals surface area (Å²) in [7, 11) is 3.17. The van der Waals surface area contributed by atoms with Gasteiger partial charge in [-0.2, -0.15) is 0 Å². The molecule has 0 bridgehead atoms. The number of thiophene rings is 1. The first-order chi connectivity index (χ1) is 15.0. The summed E-state index contributed by atoms with van der Waals surface area (Å²) in [6.45, 7) is 3.00. The molecule has 0 aliphatic carbocycles. The Balaban J connectivity index is 1.49. The number of nitrogens with one attached hydrogen (secondary N) is 1. The molecule has 1 saturated heterocycles. The highest BCUT2D eigenvalue weighted by molar-refractivity contribution is 7.16. The molecular weight excluding hydrogens is 416 g/mol. The van der Waals surface area contributed by atoms with Crippen LogP contribution in [-0.2, 0) is 11.3 Å². The van der Waals surface area contributed by atoms with Gasteiger partial charge in [0.2, 0.25) is 5.95 Å². The van der Waals surface area contributed by atoms with Crippen molar-refractivity contribution >= 4 is 33.5 Å². The Morgan fingerprint density at radius 3 is 2.84 bits per heavy atom. The normalized spacial score (nSPS) is 21.3. The molecule has 1 fully saturated rings. The molecule has 0 radical (unpaired) electrons. The standard InChI is InChI=1S/C22H26N4O4S/c1-14-11-22(20(27)28,24-12-15-4-5-17(29-2)18(10-15)30-3)7-8-26(14)21-23-13-16-6-9-31-19(16)25-21/h4-6,9-10,13-14,24H,7-8,11-12H2,1-3H3,(H,27,28). The van der Waals surface area contributed by atoms with Gasteiger partial charge in [0.1, 0.15) is 10.4 Å². The molecule has 0 saturated carbocycles. The van der Waals surface area contributed by atoms with Gasteiger partial charge < -0.3 is 19.5 Å². The zero-order valence-electron chi connectivity index (χ0n) is 17.8.